The molecule has 2 heterocycles. The topological polar surface area (TPSA) is 93.6 Å². The molecule has 0 fully saturated rings. The molecule has 6 nitrogen and oxygen atoms in total. The van der Waals surface area contributed by atoms with Crippen LogP contribution in [0.15, 0.2) is 21.4 Å². The third-order valence-electron chi connectivity index (χ3n) is 1.87. The van der Waals surface area contributed by atoms with Crippen molar-refractivity contribution in [1.29, 1.82) is 0 Å². The van der Waals surface area contributed by atoms with Gasteiger partial charge in [-0.2, -0.15) is 0 Å². The van der Waals surface area contributed by atoms with Gasteiger partial charge in [-0.05, 0) is 27.4 Å². The van der Waals surface area contributed by atoms with Gasteiger partial charge >= 0.3 is 5.97 Å². The number of hydrogen-bond donors (Lipinski definition) is 1. The SMILES string of the molecule is O=C(O)c1ncsc1N(c1sccc1Br)S(=O)[O-]. The summed E-state index contributed by atoms with van der Waals surface area (Å²) in [6.45, 7) is 0. The van der Waals surface area contributed by atoms with E-state index in [1.165, 1.54) is 16.8 Å². The molecule has 2 rings (SSSR count). The second kappa shape index (κ2) is 5.45. The van der Waals surface area contributed by atoms with E-state index in [4.69, 9.17) is 5.11 Å². The maximum Gasteiger partial charge on any atom is 0.357 e. The van der Waals surface area contributed by atoms with Crippen LogP contribution in [0.1, 0.15) is 10.5 Å². The third-order valence-corrected chi connectivity index (χ3v) is 5.37. The Morgan fingerprint density at radius 2 is 2.22 bits per heavy atom. The van der Waals surface area contributed by atoms with Crippen LogP contribution in [0.3, 0.4) is 0 Å². The molecule has 1 unspecified atom stereocenters. The number of aromatic carboxylic acids is 1. The highest BCUT2D eigenvalue weighted by Crippen LogP contribution is 2.40. The van der Waals surface area contributed by atoms with E-state index in [2.05, 4.69) is 20.9 Å². The maximum atomic E-state index is 11.3. The Labute approximate surface area is 120 Å². The van der Waals surface area contributed by atoms with Gasteiger partial charge in [0.15, 0.2) is 5.69 Å². The van der Waals surface area contributed by atoms with E-state index in [-0.39, 0.29) is 10.7 Å². The third kappa shape index (κ3) is 2.47. The summed E-state index contributed by atoms with van der Waals surface area (Å²) in [6, 6.07) is 1.68. The smallest absolute Gasteiger partial charge is 0.357 e. The van der Waals surface area contributed by atoms with Crippen molar-refractivity contribution in [2.75, 3.05) is 4.31 Å². The van der Waals surface area contributed by atoms with Crippen LogP contribution in [0.2, 0.25) is 0 Å². The number of aromatic nitrogens is 1. The highest BCUT2D eigenvalue weighted by atomic mass is 79.9. The lowest BCUT2D eigenvalue weighted by atomic mass is 10.4. The quantitative estimate of drug-likeness (QED) is 0.838. The minimum Gasteiger partial charge on any atom is -0.755 e. The largest absolute Gasteiger partial charge is 0.755 e. The summed E-state index contributed by atoms with van der Waals surface area (Å²) in [6.07, 6.45) is 0. The van der Waals surface area contributed by atoms with Crippen LogP contribution in [0.5, 0.6) is 0 Å². The van der Waals surface area contributed by atoms with Crippen LogP contribution in [0.4, 0.5) is 10.0 Å². The van der Waals surface area contributed by atoms with Crippen LogP contribution in [0.25, 0.3) is 0 Å². The van der Waals surface area contributed by atoms with E-state index in [9.17, 15) is 13.6 Å². The molecule has 10 heteroatoms. The molecular weight excluding hydrogens is 364 g/mol. The minimum atomic E-state index is -2.63. The van der Waals surface area contributed by atoms with Gasteiger partial charge in [0.1, 0.15) is 10.0 Å². The summed E-state index contributed by atoms with van der Waals surface area (Å²) < 4.78 is 24.1. The van der Waals surface area contributed by atoms with E-state index < -0.39 is 17.2 Å². The van der Waals surface area contributed by atoms with Crippen molar-refractivity contribution in [3.8, 4) is 0 Å². The first-order valence-electron chi connectivity index (χ1n) is 4.31. The van der Waals surface area contributed by atoms with Crippen molar-refractivity contribution in [3.63, 3.8) is 0 Å². The monoisotopic (exact) mass is 367 g/mol. The molecular formula is C8H4BrN2O4S3-. The zero-order valence-electron chi connectivity index (χ0n) is 8.40. The Bertz CT molecular complexity index is 611. The van der Waals surface area contributed by atoms with Gasteiger partial charge in [0.25, 0.3) is 0 Å². The average molecular weight is 368 g/mol. The highest BCUT2D eigenvalue weighted by molar-refractivity contribution is 9.10. The molecule has 96 valence electrons. The molecule has 0 radical (unpaired) electrons. The van der Waals surface area contributed by atoms with Gasteiger partial charge < -0.3 is 9.66 Å². The maximum absolute atomic E-state index is 11.3. The van der Waals surface area contributed by atoms with E-state index in [1.807, 2.05) is 0 Å². The Kier molecular flexibility index (Phi) is 4.12. The Morgan fingerprint density at radius 1 is 1.50 bits per heavy atom. The number of anilines is 2. The number of carboxylic acid groups (broad SMARTS) is 1. The fourth-order valence-electron chi connectivity index (χ4n) is 1.19. The van der Waals surface area contributed by atoms with Crippen LogP contribution >= 0.6 is 38.6 Å². The van der Waals surface area contributed by atoms with Crippen LogP contribution in [-0.2, 0) is 11.3 Å². The first-order chi connectivity index (χ1) is 8.52. The lowest BCUT2D eigenvalue weighted by Crippen LogP contribution is -2.20. The number of carboxylic acids is 1. The van der Waals surface area contributed by atoms with Crippen LogP contribution < -0.4 is 4.31 Å². The predicted octanol–water partition coefficient (Wildman–Crippen LogP) is 2.60. The zero-order valence-corrected chi connectivity index (χ0v) is 12.4. The normalized spacial score (nSPS) is 12.3. The molecule has 18 heavy (non-hydrogen) atoms. The van der Waals surface area contributed by atoms with Gasteiger partial charge in [-0.25, -0.2) is 14.1 Å². The van der Waals surface area contributed by atoms with Crippen molar-refractivity contribution < 1.29 is 18.7 Å². The number of thiazole rings is 1. The molecule has 2 aromatic rings. The van der Waals surface area contributed by atoms with Gasteiger partial charge in [-0.1, -0.05) is 0 Å². The highest BCUT2D eigenvalue weighted by Gasteiger charge is 2.23. The first kappa shape index (κ1) is 13.6. The second-order valence-corrected chi connectivity index (χ2v) is 6.28. The fraction of sp³-hybridized carbons (Fsp3) is 0. The molecule has 1 atom stereocenters. The Morgan fingerprint density at radius 3 is 2.72 bits per heavy atom. The Hall–Kier alpha value is -0.810. The van der Waals surface area contributed by atoms with Crippen molar-refractivity contribution >= 4 is 65.8 Å². The van der Waals surface area contributed by atoms with Crippen molar-refractivity contribution in [1.82, 2.24) is 4.98 Å². The summed E-state index contributed by atoms with van der Waals surface area (Å²) in [4.78, 5) is 14.6. The number of nitrogens with zero attached hydrogens (tertiary/aromatic N) is 2. The fourth-order valence-corrected chi connectivity index (χ4v) is 4.61. The van der Waals surface area contributed by atoms with Crippen LogP contribution in [0, 0.1) is 0 Å². The molecule has 0 saturated carbocycles. The number of carbonyl (C=O) groups is 1. The second-order valence-electron chi connectivity index (χ2n) is 2.90. The minimum absolute atomic E-state index is 0.0546. The van der Waals surface area contributed by atoms with Gasteiger partial charge in [-0.3, -0.25) is 4.21 Å². The summed E-state index contributed by atoms with van der Waals surface area (Å²) >= 11 is 2.71. The number of rotatable bonds is 4. The molecule has 0 aromatic carbocycles. The van der Waals surface area contributed by atoms with Crippen molar-refractivity contribution in [2.24, 2.45) is 0 Å². The zero-order chi connectivity index (χ0) is 13.3. The molecule has 0 amide bonds. The molecule has 0 aliphatic rings. The number of thiophene rings is 1. The van der Waals surface area contributed by atoms with Gasteiger partial charge in [0.05, 0.1) is 21.2 Å². The van der Waals surface area contributed by atoms with E-state index in [0.29, 0.717) is 9.47 Å². The van der Waals surface area contributed by atoms with E-state index >= 15 is 0 Å². The Balaban J connectivity index is 2.56. The lowest BCUT2D eigenvalue weighted by molar-refractivity contribution is 0.0692. The molecule has 0 spiro atoms. The first-order valence-corrected chi connectivity index (χ1v) is 7.90. The summed E-state index contributed by atoms with van der Waals surface area (Å²) in [5.41, 5.74) is 1.00. The number of halogens is 1. The van der Waals surface area contributed by atoms with E-state index in [0.717, 1.165) is 15.6 Å². The molecule has 0 saturated heterocycles. The molecule has 2 aromatic heterocycles. The summed E-state index contributed by atoms with van der Waals surface area (Å²) in [5.74, 6) is -1.27. The van der Waals surface area contributed by atoms with Crippen molar-refractivity contribution in [2.45, 2.75) is 0 Å². The van der Waals surface area contributed by atoms with Crippen molar-refractivity contribution in [3.05, 3.63) is 27.1 Å². The van der Waals surface area contributed by atoms with E-state index in [1.54, 1.807) is 11.4 Å². The van der Waals surface area contributed by atoms with Crippen LogP contribution in [-0.4, -0.2) is 24.8 Å². The molecule has 1 N–H and O–H groups in total. The molecule has 0 aliphatic heterocycles. The summed E-state index contributed by atoms with van der Waals surface area (Å²) in [7, 11) is 0. The summed E-state index contributed by atoms with van der Waals surface area (Å²) in [5, 5.41) is 11.1. The molecule has 0 bridgehead atoms. The average Bonchev–Trinajstić information content (AvgIpc) is 2.89. The van der Waals surface area contributed by atoms with Gasteiger partial charge in [0.2, 0.25) is 0 Å². The lowest BCUT2D eigenvalue weighted by Gasteiger charge is -2.23. The predicted molar refractivity (Wildman–Crippen MR) is 72.2 cm³/mol. The van der Waals surface area contributed by atoms with Gasteiger partial charge in [0, 0.05) is 0 Å². The molecule has 0 aliphatic carbocycles. The van der Waals surface area contributed by atoms with Gasteiger partial charge in [-0.15, -0.1) is 22.7 Å². The number of hydrogen-bond acceptors (Lipinski definition) is 6. The standard InChI is InChI=1S/C8H5BrN2O4S3/c9-4-1-2-16-6(4)11(18(14)15)7-5(8(12)13)10-3-17-7/h1-3H,(H,12,13)(H,14,15)/p-1.